The van der Waals surface area contributed by atoms with E-state index < -0.39 is 46.8 Å². The van der Waals surface area contributed by atoms with Crippen LogP contribution >= 0.6 is 0 Å². The summed E-state index contributed by atoms with van der Waals surface area (Å²) in [7, 11) is 0. The van der Waals surface area contributed by atoms with E-state index >= 15 is 0 Å². The summed E-state index contributed by atoms with van der Waals surface area (Å²) in [6.07, 6.45) is -8.14. The van der Waals surface area contributed by atoms with Crippen LogP contribution < -0.4 is 10.1 Å². The second-order valence-corrected chi connectivity index (χ2v) is 9.84. The van der Waals surface area contributed by atoms with E-state index in [1.165, 1.54) is 18.2 Å². The van der Waals surface area contributed by atoms with Crippen molar-refractivity contribution in [1.82, 2.24) is 5.32 Å². The minimum atomic E-state index is -4.70. The van der Waals surface area contributed by atoms with Gasteiger partial charge in [-0.1, -0.05) is 51.5 Å². The normalized spacial score (nSPS) is 13.3. The van der Waals surface area contributed by atoms with E-state index in [1.54, 1.807) is 13.8 Å². The molecule has 0 heterocycles. The topological polar surface area (TPSA) is 75.6 Å². The number of carboxylic acid groups (broad SMARTS) is 1. The fourth-order valence-electron chi connectivity index (χ4n) is 4.34. The first kappa shape index (κ1) is 29.8. The quantitative estimate of drug-likeness (QED) is 0.269. The fraction of sp³-hybridized carbons (Fsp3) is 0.357. The number of rotatable bonds is 9. The van der Waals surface area contributed by atoms with Gasteiger partial charge in [-0.05, 0) is 53.1 Å². The molecule has 0 aliphatic rings. The van der Waals surface area contributed by atoms with Gasteiger partial charge in [0.1, 0.15) is 18.4 Å². The monoisotopic (exact) mass is 555 g/mol. The number of alkyl halides is 6. The van der Waals surface area contributed by atoms with Gasteiger partial charge in [0.25, 0.3) is 5.91 Å². The summed E-state index contributed by atoms with van der Waals surface area (Å²) in [6, 6.07) is 8.26. The number of amides is 1. The minimum Gasteiger partial charge on any atom is -0.487 e. The van der Waals surface area contributed by atoms with Crippen LogP contribution in [0, 0.1) is 5.41 Å². The van der Waals surface area contributed by atoms with Gasteiger partial charge in [-0.25, -0.2) is 4.79 Å². The third-order valence-corrected chi connectivity index (χ3v) is 6.41. The van der Waals surface area contributed by atoms with Crippen molar-refractivity contribution in [1.29, 1.82) is 0 Å². The lowest BCUT2D eigenvalue weighted by molar-refractivity contribution is -0.142. The molecule has 0 spiro atoms. The Morgan fingerprint density at radius 2 is 1.46 bits per heavy atom. The molecule has 3 aromatic rings. The van der Waals surface area contributed by atoms with E-state index in [4.69, 9.17) is 4.74 Å². The van der Waals surface area contributed by atoms with E-state index in [-0.39, 0.29) is 28.9 Å². The van der Waals surface area contributed by atoms with E-state index in [9.17, 15) is 41.0 Å². The maximum atomic E-state index is 13.5. The molecule has 0 aliphatic carbocycles. The number of fused-ring (bicyclic) bond motifs is 1. The first-order chi connectivity index (χ1) is 18.0. The predicted octanol–water partition coefficient (Wildman–Crippen LogP) is 7.47. The number of carboxylic acids is 1. The maximum Gasteiger partial charge on any atom is 0.416 e. The molecule has 2 N–H and O–H groups in total. The SMILES string of the molecule is CCCC(C)(C)C(NC(=O)c1ccc2ccc(C(F)(F)F)cc2c1OCc1ccc(C(F)(F)F)cc1)C(=O)O. The molecule has 1 unspecified atom stereocenters. The van der Waals surface area contributed by atoms with E-state index in [0.717, 1.165) is 36.4 Å². The molecule has 3 aromatic carbocycles. The number of halogens is 6. The average molecular weight is 556 g/mol. The predicted molar refractivity (Wildman–Crippen MR) is 132 cm³/mol. The molecule has 0 bridgehead atoms. The Balaban J connectivity index is 2.06. The highest BCUT2D eigenvalue weighted by Gasteiger charge is 2.37. The number of hydrogen-bond donors (Lipinski definition) is 2. The molecule has 0 aliphatic heterocycles. The highest BCUT2D eigenvalue weighted by atomic mass is 19.4. The first-order valence-corrected chi connectivity index (χ1v) is 12.0. The number of benzene rings is 3. The van der Waals surface area contributed by atoms with Crippen LogP contribution in [0.25, 0.3) is 10.8 Å². The van der Waals surface area contributed by atoms with Crippen LogP contribution in [0.15, 0.2) is 54.6 Å². The van der Waals surface area contributed by atoms with Crippen molar-refractivity contribution >= 4 is 22.6 Å². The van der Waals surface area contributed by atoms with Crippen LogP contribution in [0.1, 0.15) is 60.7 Å². The lowest BCUT2D eigenvalue weighted by Crippen LogP contribution is -2.50. The summed E-state index contributed by atoms with van der Waals surface area (Å²) < 4.78 is 84.9. The number of carbonyl (C=O) groups excluding carboxylic acids is 1. The lowest BCUT2D eigenvalue weighted by Gasteiger charge is -2.32. The lowest BCUT2D eigenvalue weighted by atomic mass is 9.80. The van der Waals surface area contributed by atoms with Gasteiger partial charge >= 0.3 is 18.3 Å². The number of carbonyl (C=O) groups is 2. The summed E-state index contributed by atoms with van der Waals surface area (Å²) in [4.78, 5) is 25.3. The summed E-state index contributed by atoms with van der Waals surface area (Å²) >= 11 is 0. The van der Waals surface area contributed by atoms with Crippen molar-refractivity contribution in [2.45, 2.75) is 58.6 Å². The molecule has 0 saturated carbocycles. The van der Waals surface area contributed by atoms with Crippen molar-refractivity contribution in [2.24, 2.45) is 5.41 Å². The number of ether oxygens (including phenoxy) is 1. The van der Waals surface area contributed by atoms with Crippen LogP contribution in [0.4, 0.5) is 26.3 Å². The molecule has 39 heavy (non-hydrogen) atoms. The fourth-order valence-corrected chi connectivity index (χ4v) is 4.34. The van der Waals surface area contributed by atoms with Crippen molar-refractivity contribution in [3.05, 3.63) is 76.9 Å². The van der Waals surface area contributed by atoms with Crippen molar-refractivity contribution < 1.29 is 45.8 Å². The first-order valence-electron chi connectivity index (χ1n) is 12.0. The Hall–Kier alpha value is -3.76. The largest absolute Gasteiger partial charge is 0.487 e. The summed E-state index contributed by atoms with van der Waals surface area (Å²) in [5.74, 6) is -2.42. The van der Waals surface area contributed by atoms with E-state index in [1.807, 2.05) is 6.92 Å². The molecular formula is C28H27F6NO4. The summed E-state index contributed by atoms with van der Waals surface area (Å²) in [5, 5.41) is 12.5. The Morgan fingerprint density at radius 3 is 2.00 bits per heavy atom. The highest BCUT2D eigenvalue weighted by Crippen LogP contribution is 2.37. The van der Waals surface area contributed by atoms with Gasteiger partial charge in [0, 0.05) is 5.39 Å². The standard InChI is InChI=1S/C28H27F6NO4/c1-4-13-26(2,3)23(25(37)38)35-24(36)20-12-8-17-7-11-19(28(32,33)34)14-21(17)22(20)39-15-16-5-9-18(10-6-16)27(29,30)31/h5-12,14,23H,4,13,15H2,1-3H3,(H,35,36)(H,37,38). The van der Waals surface area contributed by atoms with Crippen LogP contribution in [-0.2, 0) is 23.8 Å². The van der Waals surface area contributed by atoms with Gasteiger partial charge in [0.15, 0.2) is 0 Å². The zero-order chi connectivity index (χ0) is 29.2. The number of nitrogens with one attached hydrogen (secondary N) is 1. The zero-order valence-electron chi connectivity index (χ0n) is 21.3. The summed E-state index contributed by atoms with van der Waals surface area (Å²) in [5.41, 5.74) is -2.68. The molecule has 0 radical (unpaired) electrons. The Morgan fingerprint density at radius 1 is 0.897 bits per heavy atom. The molecular weight excluding hydrogens is 528 g/mol. The maximum absolute atomic E-state index is 13.5. The second kappa shape index (κ2) is 11.2. The smallest absolute Gasteiger partial charge is 0.416 e. The van der Waals surface area contributed by atoms with Gasteiger partial charge < -0.3 is 15.2 Å². The summed E-state index contributed by atoms with van der Waals surface area (Å²) in [6.45, 7) is 4.84. The van der Waals surface area contributed by atoms with Gasteiger partial charge in [-0.15, -0.1) is 0 Å². The average Bonchev–Trinajstić information content (AvgIpc) is 2.84. The molecule has 210 valence electrons. The second-order valence-electron chi connectivity index (χ2n) is 9.84. The Bertz CT molecular complexity index is 1350. The van der Waals surface area contributed by atoms with Crippen LogP contribution in [-0.4, -0.2) is 23.0 Å². The zero-order valence-corrected chi connectivity index (χ0v) is 21.3. The van der Waals surface area contributed by atoms with Crippen molar-refractivity contribution in [3.8, 4) is 5.75 Å². The molecule has 3 rings (SSSR count). The van der Waals surface area contributed by atoms with Gasteiger partial charge in [-0.2, -0.15) is 26.3 Å². The van der Waals surface area contributed by atoms with Crippen molar-refractivity contribution in [2.75, 3.05) is 0 Å². The Labute approximate surface area is 220 Å². The van der Waals surface area contributed by atoms with E-state index in [0.29, 0.717) is 18.2 Å². The van der Waals surface area contributed by atoms with Gasteiger partial charge in [0.2, 0.25) is 0 Å². The third kappa shape index (κ3) is 7.01. The number of aliphatic carboxylic acids is 1. The minimum absolute atomic E-state index is 0.0657. The van der Waals surface area contributed by atoms with Crippen molar-refractivity contribution in [3.63, 3.8) is 0 Å². The van der Waals surface area contributed by atoms with Crippen LogP contribution in [0.3, 0.4) is 0 Å². The molecule has 0 aromatic heterocycles. The van der Waals surface area contributed by atoms with Crippen LogP contribution in [0.2, 0.25) is 0 Å². The van der Waals surface area contributed by atoms with Crippen LogP contribution in [0.5, 0.6) is 5.75 Å². The highest BCUT2D eigenvalue weighted by molar-refractivity contribution is 6.05. The molecule has 11 heteroatoms. The molecule has 0 saturated heterocycles. The molecule has 1 amide bonds. The third-order valence-electron chi connectivity index (χ3n) is 6.41. The number of hydrogen-bond acceptors (Lipinski definition) is 3. The van der Waals surface area contributed by atoms with Gasteiger partial charge in [-0.3, -0.25) is 4.79 Å². The Kier molecular flexibility index (Phi) is 8.52. The molecule has 5 nitrogen and oxygen atoms in total. The van der Waals surface area contributed by atoms with Gasteiger partial charge in [0.05, 0.1) is 16.7 Å². The molecule has 0 fully saturated rings. The molecule has 1 atom stereocenters. The van der Waals surface area contributed by atoms with E-state index in [2.05, 4.69) is 5.32 Å².